The molecule has 2 amide bonds. The van der Waals surface area contributed by atoms with Gasteiger partial charge >= 0.3 is 12.0 Å². The summed E-state index contributed by atoms with van der Waals surface area (Å²) < 4.78 is 4.93. The third kappa shape index (κ3) is 4.30. The first-order valence-electron chi connectivity index (χ1n) is 8.72. The van der Waals surface area contributed by atoms with Gasteiger partial charge in [-0.25, -0.2) is 9.78 Å². The number of piperidine rings is 1. The van der Waals surface area contributed by atoms with Crippen LogP contribution in [0.15, 0.2) is 24.3 Å². The van der Waals surface area contributed by atoms with Gasteiger partial charge in [0.1, 0.15) is 11.7 Å². The maximum atomic E-state index is 12.6. The number of likely N-dealkylation sites (tertiary alicyclic amines) is 1. The van der Waals surface area contributed by atoms with E-state index in [-0.39, 0.29) is 37.9 Å². The monoisotopic (exact) mass is 371 g/mol. The van der Waals surface area contributed by atoms with E-state index in [0.717, 1.165) is 5.56 Å². The second kappa shape index (κ2) is 7.98. The van der Waals surface area contributed by atoms with Gasteiger partial charge in [-0.2, -0.15) is 5.10 Å². The van der Waals surface area contributed by atoms with Gasteiger partial charge in [-0.1, -0.05) is 12.1 Å². The topological polar surface area (TPSA) is 117 Å². The van der Waals surface area contributed by atoms with Gasteiger partial charge in [0.05, 0.1) is 6.61 Å². The maximum absolute atomic E-state index is 12.6. The van der Waals surface area contributed by atoms with E-state index in [1.165, 1.54) is 4.90 Å². The van der Waals surface area contributed by atoms with Crippen LogP contribution in [0.25, 0.3) is 11.4 Å². The fraction of sp³-hybridized carbons (Fsp3) is 0.389. The first kappa shape index (κ1) is 18.6. The molecule has 1 aliphatic rings. The summed E-state index contributed by atoms with van der Waals surface area (Å²) in [5.41, 5.74) is 1.33. The third-order valence-electron chi connectivity index (χ3n) is 4.25. The molecule has 3 rings (SSSR count). The van der Waals surface area contributed by atoms with Gasteiger partial charge in [-0.05, 0) is 26.0 Å². The molecule has 1 aromatic heterocycles. The number of nitrogens with zero attached hydrogens (tertiary/aromatic N) is 3. The Morgan fingerprint density at radius 1 is 1.41 bits per heavy atom. The van der Waals surface area contributed by atoms with Gasteiger partial charge < -0.3 is 15.0 Å². The maximum Gasteiger partial charge on any atom is 0.321 e. The van der Waals surface area contributed by atoms with Crippen molar-refractivity contribution in [1.82, 2.24) is 20.1 Å². The van der Waals surface area contributed by atoms with Crippen LogP contribution in [-0.2, 0) is 14.3 Å². The predicted molar refractivity (Wildman–Crippen MR) is 96.9 cm³/mol. The highest BCUT2D eigenvalue weighted by Crippen LogP contribution is 2.21. The standard InChI is InChI=1S/C18H21N5O4/c1-3-27-17(25)14-10-23(8-7-15(14)24)18(26)20-13-6-4-5-12(9-13)16-19-11(2)21-22-16/h4-6,9,14H,3,7-8,10H2,1-2H3,(H,20,26)(H,19,21,22). The van der Waals surface area contributed by atoms with E-state index in [4.69, 9.17) is 4.74 Å². The van der Waals surface area contributed by atoms with Crippen LogP contribution in [0, 0.1) is 12.8 Å². The molecule has 27 heavy (non-hydrogen) atoms. The molecule has 0 aliphatic carbocycles. The number of ether oxygens (including phenoxy) is 1. The largest absolute Gasteiger partial charge is 0.465 e. The van der Waals surface area contributed by atoms with E-state index >= 15 is 0 Å². The van der Waals surface area contributed by atoms with E-state index in [1.54, 1.807) is 32.0 Å². The zero-order valence-electron chi connectivity index (χ0n) is 15.2. The Morgan fingerprint density at radius 2 is 2.22 bits per heavy atom. The Bertz CT molecular complexity index is 863. The number of esters is 1. The number of hydrogen-bond donors (Lipinski definition) is 2. The minimum Gasteiger partial charge on any atom is -0.465 e. The minimum absolute atomic E-state index is 0.0172. The number of urea groups is 1. The summed E-state index contributed by atoms with van der Waals surface area (Å²) in [6, 6.07) is 6.77. The lowest BCUT2D eigenvalue weighted by Gasteiger charge is -2.30. The van der Waals surface area contributed by atoms with E-state index in [9.17, 15) is 14.4 Å². The van der Waals surface area contributed by atoms with Crippen LogP contribution in [0.5, 0.6) is 0 Å². The number of aromatic nitrogens is 3. The molecular formula is C18H21N5O4. The molecule has 2 N–H and O–H groups in total. The number of benzene rings is 1. The van der Waals surface area contributed by atoms with Crippen molar-refractivity contribution in [3.63, 3.8) is 0 Å². The van der Waals surface area contributed by atoms with Crippen molar-refractivity contribution in [2.45, 2.75) is 20.3 Å². The second-order valence-corrected chi connectivity index (χ2v) is 6.22. The van der Waals surface area contributed by atoms with E-state index in [2.05, 4.69) is 20.5 Å². The fourth-order valence-electron chi connectivity index (χ4n) is 2.88. The summed E-state index contributed by atoms with van der Waals surface area (Å²) in [5, 5.41) is 9.67. The molecule has 2 aromatic rings. The number of Topliss-reactive ketones (excluding diaryl/α,β-unsaturated/α-hetero) is 1. The lowest BCUT2D eigenvalue weighted by atomic mass is 9.97. The summed E-state index contributed by atoms with van der Waals surface area (Å²) in [6.07, 6.45) is 0.132. The van der Waals surface area contributed by atoms with Crippen molar-refractivity contribution in [1.29, 1.82) is 0 Å². The molecule has 9 heteroatoms. The summed E-state index contributed by atoms with van der Waals surface area (Å²) >= 11 is 0. The van der Waals surface area contributed by atoms with Crippen molar-refractivity contribution in [3.05, 3.63) is 30.1 Å². The van der Waals surface area contributed by atoms with Crippen LogP contribution in [0.3, 0.4) is 0 Å². The van der Waals surface area contributed by atoms with Crippen LogP contribution < -0.4 is 5.32 Å². The van der Waals surface area contributed by atoms with Gasteiger partial charge in [0, 0.05) is 30.8 Å². The summed E-state index contributed by atoms with van der Waals surface area (Å²) in [4.78, 5) is 42.2. The van der Waals surface area contributed by atoms with Gasteiger partial charge in [-0.15, -0.1) is 0 Å². The molecule has 0 radical (unpaired) electrons. The van der Waals surface area contributed by atoms with E-state index in [1.807, 2.05) is 6.07 Å². The van der Waals surface area contributed by atoms with Gasteiger partial charge in [0.2, 0.25) is 0 Å². The quantitative estimate of drug-likeness (QED) is 0.625. The number of hydrogen-bond acceptors (Lipinski definition) is 6. The van der Waals surface area contributed by atoms with Crippen molar-refractivity contribution in [2.24, 2.45) is 5.92 Å². The predicted octanol–water partition coefficient (Wildman–Crippen LogP) is 1.77. The van der Waals surface area contributed by atoms with E-state index in [0.29, 0.717) is 17.3 Å². The van der Waals surface area contributed by atoms with Crippen LogP contribution >= 0.6 is 0 Å². The molecule has 1 aliphatic heterocycles. The van der Waals surface area contributed by atoms with Crippen LogP contribution in [0.1, 0.15) is 19.2 Å². The number of aromatic amines is 1. The number of rotatable bonds is 4. The molecule has 142 valence electrons. The molecular weight excluding hydrogens is 350 g/mol. The van der Waals surface area contributed by atoms with Crippen molar-refractivity contribution in [2.75, 3.05) is 25.0 Å². The number of anilines is 1. The number of aryl methyl sites for hydroxylation is 1. The Kier molecular flexibility index (Phi) is 5.49. The number of amides is 2. The van der Waals surface area contributed by atoms with Crippen molar-refractivity contribution < 1.29 is 19.1 Å². The third-order valence-corrected chi connectivity index (χ3v) is 4.25. The summed E-state index contributed by atoms with van der Waals surface area (Å²) in [5.74, 6) is -0.467. The lowest BCUT2D eigenvalue weighted by molar-refractivity contribution is -0.153. The number of carbonyl (C=O) groups excluding carboxylic acids is 3. The molecule has 2 heterocycles. The number of ketones is 1. The van der Waals surface area contributed by atoms with Gasteiger partial charge in [-0.3, -0.25) is 14.7 Å². The number of carbonyl (C=O) groups is 3. The second-order valence-electron chi connectivity index (χ2n) is 6.22. The van der Waals surface area contributed by atoms with Crippen LogP contribution in [0.2, 0.25) is 0 Å². The summed E-state index contributed by atoms with van der Waals surface area (Å²) in [7, 11) is 0. The van der Waals surface area contributed by atoms with Gasteiger partial charge in [0.15, 0.2) is 11.6 Å². The zero-order valence-corrected chi connectivity index (χ0v) is 15.2. The number of H-pyrrole nitrogens is 1. The Hall–Kier alpha value is -3.23. The molecule has 0 saturated carbocycles. The first-order valence-corrected chi connectivity index (χ1v) is 8.72. The SMILES string of the molecule is CCOC(=O)C1CN(C(=O)Nc2cccc(-c3n[nH]c(C)n3)c2)CCC1=O. The van der Waals surface area contributed by atoms with Crippen molar-refractivity contribution in [3.8, 4) is 11.4 Å². The Labute approximate surface area is 156 Å². The summed E-state index contributed by atoms with van der Waals surface area (Å²) in [6.45, 7) is 3.96. The number of nitrogens with one attached hydrogen (secondary N) is 2. The Balaban J connectivity index is 1.68. The first-order chi connectivity index (χ1) is 13.0. The molecule has 1 aromatic carbocycles. The highest BCUT2D eigenvalue weighted by molar-refractivity contribution is 6.01. The highest BCUT2D eigenvalue weighted by atomic mass is 16.5. The Morgan fingerprint density at radius 3 is 2.93 bits per heavy atom. The van der Waals surface area contributed by atoms with E-state index < -0.39 is 11.9 Å². The molecule has 0 bridgehead atoms. The van der Waals surface area contributed by atoms with Crippen molar-refractivity contribution >= 4 is 23.5 Å². The minimum atomic E-state index is -0.924. The molecule has 1 atom stereocenters. The molecule has 1 saturated heterocycles. The zero-order chi connectivity index (χ0) is 19.4. The van der Waals surface area contributed by atoms with Gasteiger partial charge in [0.25, 0.3) is 0 Å². The van der Waals surface area contributed by atoms with Crippen LogP contribution in [0.4, 0.5) is 10.5 Å². The smallest absolute Gasteiger partial charge is 0.321 e. The lowest BCUT2D eigenvalue weighted by Crippen LogP contribution is -2.48. The molecule has 0 spiro atoms. The average Bonchev–Trinajstić information content (AvgIpc) is 3.09. The van der Waals surface area contributed by atoms with Crippen LogP contribution in [-0.4, -0.2) is 57.6 Å². The normalized spacial score (nSPS) is 16.9. The highest BCUT2D eigenvalue weighted by Gasteiger charge is 2.35. The average molecular weight is 371 g/mol. The molecule has 1 fully saturated rings. The molecule has 1 unspecified atom stereocenters. The molecule has 9 nitrogen and oxygen atoms in total. The fourth-order valence-corrected chi connectivity index (χ4v) is 2.88.